The second kappa shape index (κ2) is 9.75. The van der Waals surface area contributed by atoms with Crippen LogP contribution in [0.2, 0.25) is 0 Å². The van der Waals surface area contributed by atoms with Crippen molar-refractivity contribution in [3.8, 4) is 5.75 Å². The van der Waals surface area contributed by atoms with Gasteiger partial charge in [-0.15, -0.1) is 0 Å². The van der Waals surface area contributed by atoms with Crippen LogP contribution in [0.25, 0.3) is 5.76 Å². The van der Waals surface area contributed by atoms with Gasteiger partial charge < -0.3 is 19.5 Å². The molecule has 1 aliphatic rings. The van der Waals surface area contributed by atoms with Gasteiger partial charge in [-0.25, -0.2) is 4.39 Å². The van der Waals surface area contributed by atoms with Gasteiger partial charge in [0.2, 0.25) is 0 Å². The Hall–Kier alpha value is -3.19. The number of nitrogens with zero attached hydrogens (tertiary/aromatic N) is 1. The predicted octanol–water partition coefficient (Wildman–Crippen LogP) is 4.59. The summed E-state index contributed by atoms with van der Waals surface area (Å²) in [7, 11) is 3.00. The number of methoxy groups -OCH3 is 2. The summed E-state index contributed by atoms with van der Waals surface area (Å²) in [6, 6.07) is 10.2. The number of ketones is 1. The lowest BCUT2D eigenvalue weighted by Gasteiger charge is -2.26. The number of amides is 1. The van der Waals surface area contributed by atoms with E-state index in [2.05, 4.69) is 0 Å². The molecule has 1 N–H and O–H groups in total. The lowest BCUT2D eigenvalue weighted by atomic mass is 9.85. The topological polar surface area (TPSA) is 76.1 Å². The lowest BCUT2D eigenvalue weighted by Crippen LogP contribution is -2.31. The highest BCUT2D eigenvalue weighted by molar-refractivity contribution is 6.46. The second-order valence-electron chi connectivity index (χ2n) is 9.03. The molecule has 0 spiro atoms. The van der Waals surface area contributed by atoms with Crippen LogP contribution in [-0.4, -0.2) is 49.1 Å². The van der Waals surface area contributed by atoms with E-state index in [0.29, 0.717) is 18.8 Å². The Balaban J connectivity index is 2.24. The fourth-order valence-corrected chi connectivity index (χ4v) is 4.01. The Morgan fingerprint density at radius 1 is 1.12 bits per heavy atom. The van der Waals surface area contributed by atoms with E-state index in [4.69, 9.17) is 9.47 Å². The van der Waals surface area contributed by atoms with Gasteiger partial charge in [0.25, 0.3) is 11.7 Å². The first-order valence-electron chi connectivity index (χ1n) is 10.8. The van der Waals surface area contributed by atoms with Crippen LogP contribution >= 0.6 is 0 Å². The molecule has 1 unspecified atom stereocenters. The van der Waals surface area contributed by atoms with E-state index < -0.39 is 29.3 Å². The van der Waals surface area contributed by atoms with Gasteiger partial charge in [0, 0.05) is 25.8 Å². The number of ether oxygens (including phenoxy) is 2. The summed E-state index contributed by atoms with van der Waals surface area (Å²) >= 11 is 0. The van der Waals surface area contributed by atoms with Gasteiger partial charge in [0.15, 0.2) is 0 Å². The number of carbonyl (C=O) groups excluding carboxylic acids is 2. The molecule has 2 aromatic carbocycles. The monoisotopic (exact) mass is 455 g/mol. The average Bonchev–Trinajstić information content (AvgIpc) is 3.03. The van der Waals surface area contributed by atoms with E-state index >= 15 is 0 Å². The van der Waals surface area contributed by atoms with Gasteiger partial charge >= 0.3 is 0 Å². The van der Waals surface area contributed by atoms with Crippen LogP contribution < -0.4 is 4.74 Å². The highest BCUT2D eigenvalue weighted by Gasteiger charge is 2.47. The van der Waals surface area contributed by atoms with Crippen LogP contribution in [-0.2, 0) is 19.7 Å². The summed E-state index contributed by atoms with van der Waals surface area (Å²) < 4.78 is 25.4. The molecule has 1 fully saturated rings. The summed E-state index contributed by atoms with van der Waals surface area (Å²) in [5.41, 5.74) is 0.926. The van der Waals surface area contributed by atoms with Gasteiger partial charge in [-0.05, 0) is 35.6 Å². The minimum absolute atomic E-state index is 0.140. The number of hydrogen-bond acceptors (Lipinski definition) is 5. The number of likely N-dealkylation sites (tertiary alicyclic amines) is 1. The number of hydrogen-bond donors (Lipinski definition) is 1. The largest absolute Gasteiger partial charge is 0.507 e. The van der Waals surface area contributed by atoms with Gasteiger partial charge in [-0.2, -0.15) is 0 Å². The smallest absolute Gasteiger partial charge is 0.295 e. The molecule has 6 nitrogen and oxygen atoms in total. The first-order chi connectivity index (χ1) is 15.6. The molecule has 1 saturated heterocycles. The van der Waals surface area contributed by atoms with E-state index in [1.807, 2.05) is 26.8 Å². The molecule has 7 heteroatoms. The van der Waals surface area contributed by atoms with Gasteiger partial charge in [-0.3, -0.25) is 9.59 Å². The van der Waals surface area contributed by atoms with Gasteiger partial charge in [0.1, 0.15) is 17.3 Å². The molecule has 0 aliphatic carbocycles. The van der Waals surface area contributed by atoms with Crippen molar-refractivity contribution in [3.05, 3.63) is 70.5 Å². The van der Waals surface area contributed by atoms with Crippen LogP contribution in [0.4, 0.5) is 4.39 Å². The van der Waals surface area contributed by atoms with Crippen molar-refractivity contribution in [3.63, 3.8) is 0 Å². The predicted molar refractivity (Wildman–Crippen MR) is 124 cm³/mol. The minimum atomic E-state index is -1.06. The molecular weight excluding hydrogens is 425 g/mol. The molecule has 2 aromatic rings. The van der Waals surface area contributed by atoms with Crippen molar-refractivity contribution < 1.29 is 28.6 Å². The minimum Gasteiger partial charge on any atom is -0.507 e. The first kappa shape index (κ1) is 24.5. The quantitative estimate of drug-likeness (QED) is 0.286. The number of rotatable bonds is 7. The Morgan fingerprint density at radius 2 is 1.82 bits per heavy atom. The number of carbonyl (C=O) groups is 2. The van der Waals surface area contributed by atoms with Crippen molar-refractivity contribution in [2.24, 2.45) is 0 Å². The second-order valence-corrected chi connectivity index (χ2v) is 9.03. The zero-order valence-electron chi connectivity index (χ0n) is 19.6. The summed E-state index contributed by atoms with van der Waals surface area (Å²) in [4.78, 5) is 27.4. The average molecular weight is 456 g/mol. The van der Waals surface area contributed by atoms with Gasteiger partial charge in [-0.1, -0.05) is 45.0 Å². The third kappa shape index (κ3) is 4.78. The number of benzene rings is 2. The summed E-state index contributed by atoms with van der Waals surface area (Å²) in [5, 5.41) is 11.4. The molecule has 0 aromatic heterocycles. The summed E-state index contributed by atoms with van der Waals surface area (Å²) in [6.45, 7) is 6.61. The van der Waals surface area contributed by atoms with E-state index in [1.165, 1.54) is 37.3 Å². The molecule has 1 atom stereocenters. The Kier molecular flexibility index (Phi) is 7.22. The highest BCUT2D eigenvalue weighted by Crippen LogP contribution is 2.42. The SMILES string of the molecule is COCCCN1C(=O)C(=O)/C(=C(/O)c2cc(C(C)(C)C)ccc2OC)C1c1ccccc1F. The van der Waals surface area contributed by atoms with Crippen LogP contribution in [0.1, 0.15) is 49.9 Å². The molecular formula is C26H30FNO5. The van der Waals surface area contributed by atoms with Gasteiger partial charge in [0.05, 0.1) is 24.3 Å². The highest BCUT2D eigenvalue weighted by atomic mass is 19.1. The Labute approximate surface area is 193 Å². The van der Waals surface area contributed by atoms with E-state index in [9.17, 15) is 19.1 Å². The fourth-order valence-electron chi connectivity index (χ4n) is 4.01. The zero-order valence-corrected chi connectivity index (χ0v) is 19.6. The van der Waals surface area contributed by atoms with Crippen LogP contribution in [0.3, 0.4) is 0 Å². The summed E-state index contributed by atoms with van der Waals surface area (Å²) in [5.74, 6) is -2.26. The zero-order chi connectivity index (χ0) is 24.3. The number of Topliss-reactive ketones (excluding diaryl/α,β-unsaturated/α-hetero) is 1. The maximum Gasteiger partial charge on any atom is 0.295 e. The molecule has 1 heterocycles. The molecule has 176 valence electrons. The maximum atomic E-state index is 14.9. The lowest BCUT2D eigenvalue weighted by molar-refractivity contribution is -0.140. The molecule has 0 bridgehead atoms. The van der Waals surface area contributed by atoms with Crippen LogP contribution in [0.5, 0.6) is 5.75 Å². The molecule has 0 radical (unpaired) electrons. The Morgan fingerprint density at radius 3 is 2.42 bits per heavy atom. The van der Waals surface area contributed by atoms with E-state index in [-0.39, 0.29) is 28.7 Å². The molecule has 33 heavy (non-hydrogen) atoms. The normalized spacial score (nSPS) is 18.1. The van der Waals surface area contributed by atoms with Crippen molar-refractivity contribution in [1.82, 2.24) is 4.90 Å². The van der Waals surface area contributed by atoms with Crippen LogP contribution in [0.15, 0.2) is 48.0 Å². The standard InChI is InChI=1S/C26H30FNO5/c1-26(2,3)16-11-12-20(33-5)18(15-16)23(29)21-22(17-9-6-7-10-19(17)27)28(13-8-14-32-4)25(31)24(21)30/h6-7,9-12,15,22,29H,8,13-14H2,1-5H3/b23-21+. The first-order valence-corrected chi connectivity index (χ1v) is 10.8. The third-order valence-corrected chi connectivity index (χ3v) is 5.81. The molecule has 1 amide bonds. The Bertz CT molecular complexity index is 1090. The number of aliphatic hydroxyl groups excluding tert-OH is 1. The molecule has 1 aliphatic heterocycles. The third-order valence-electron chi connectivity index (χ3n) is 5.81. The van der Waals surface area contributed by atoms with Crippen molar-refractivity contribution >= 4 is 17.4 Å². The number of aliphatic hydroxyl groups is 1. The van der Waals surface area contributed by atoms with Crippen molar-refractivity contribution in [1.29, 1.82) is 0 Å². The van der Waals surface area contributed by atoms with E-state index in [0.717, 1.165) is 5.56 Å². The fraction of sp³-hybridized carbons (Fsp3) is 0.385. The van der Waals surface area contributed by atoms with E-state index in [1.54, 1.807) is 18.2 Å². The molecule has 3 rings (SSSR count). The van der Waals surface area contributed by atoms with Crippen molar-refractivity contribution in [2.75, 3.05) is 27.4 Å². The number of halogens is 1. The van der Waals surface area contributed by atoms with Crippen LogP contribution in [0, 0.1) is 5.82 Å². The molecule has 0 saturated carbocycles. The maximum absolute atomic E-state index is 14.9. The summed E-state index contributed by atoms with van der Waals surface area (Å²) in [6.07, 6.45) is 0.456. The van der Waals surface area contributed by atoms with Crippen molar-refractivity contribution in [2.45, 2.75) is 38.6 Å².